The van der Waals surface area contributed by atoms with Crippen LogP contribution in [-0.2, 0) is 10.0 Å². The molecule has 0 saturated heterocycles. The minimum Gasteiger partial charge on any atom is -0.423 e. The molecule has 14 heteroatoms. The van der Waals surface area contributed by atoms with Crippen molar-refractivity contribution < 1.29 is 18.5 Å². The van der Waals surface area contributed by atoms with Crippen molar-refractivity contribution in [3.05, 3.63) is 197 Å². The van der Waals surface area contributed by atoms with Crippen LogP contribution >= 0.6 is 23.5 Å². The van der Waals surface area contributed by atoms with E-state index in [9.17, 15) is 8.42 Å². The first kappa shape index (κ1) is 44.3. The van der Waals surface area contributed by atoms with Gasteiger partial charge >= 0.3 is 7.12 Å². The van der Waals surface area contributed by atoms with Crippen molar-refractivity contribution in [2.75, 3.05) is 10.6 Å². The zero-order chi connectivity index (χ0) is 44.5. The predicted octanol–water partition coefficient (Wildman–Crippen LogP) is 10.7. The van der Waals surface area contributed by atoms with Crippen LogP contribution in [0.2, 0.25) is 0 Å². The molecule has 0 aliphatic carbocycles. The average Bonchev–Trinajstić information content (AvgIpc) is 3.32. The highest BCUT2D eigenvalue weighted by Crippen LogP contribution is 2.46. The van der Waals surface area contributed by atoms with Gasteiger partial charge in [0.15, 0.2) is 5.69 Å². The van der Waals surface area contributed by atoms with Crippen molar-refractivity contribution in [3.63, 3.8) is 0 Å². The third-order valence-corrected chi connectivity index (χ3v) is 13.7. The van der Waals surface area contributed by atoms with Crippen LogP contribution in [0.1, 0.15) is 47.6 Å². The van der Waals surface area contributed by atoms with Gasteiger partial charge < -0.3 is 20.7 Å². The molecular formula is C49H41BN6O4S3. The number of benzene rings is 7. The number of anilines is 4. The summed E-state index contributed by atoms with van der Waals surface area (Å²) in [5.74, 6) is 0.284. The SMILES string of the molecule is C/C(=N\NS(=O)(=O)c1ccc(C)cc1)c1ccc2c(c1)Nc1ccccc1S2.CC(c1ccc(C#N)cc1)c1ccc2c(c1)Nc1ccccc1S2.[C-]#[N+]c1ccc(B(O)O)cc1. The highest BCUT2D eigenvalue weighted by Gasteiger charge is 2.19. The van der Waals surface area contributed by atoms with Crippen molar-refractivity contribution in [2.24, 2.45) is 5.10 Å². The van der Waals surface area contributed by atoms with Gasteiger partial charge in [-0.2, -0.15) is 23.6 Å². The van der Waals surface area contributed by atoms with Gasteiger partial charge in [0.1, 0.15) is 0 Å². The summed E-state index contributed by atoms with van der Waals surface area (Å²) >= 11 is 3.51. The third-order valence-electron chi connectivity index (χ3n) is 10.2. The summed E-state index contributed by atoms with van der Waals surface area (Å²) in [4.78, 5) is 10.5. The Morgan fingerprint density at radius 3 is 1.84 bits per heavy atom. The molecule has 10 nitrogen and oxygen atoms in total. The minimum atomic E-state index is -3.69. The van der Waals surface area contributed by atoms with Crippen molar-refractivity contribution in [3.8, 4) is 6.07 Å². The van der Waals surface area contributed by atoms with E-state index < -0.39 is 17.1 Å². The summed E-state index contributed by atoms with van der Waals surface area (Å²) in [5, 5.41) is 37.3. The summed E-state index contributed by atoms with van der Waals surface area (Å²) < 4.78 is 24.8. The summed E-state index contributed by atoms with van der Waals surface area (Å²) in [7, 11) is -5.14. The van der Waals surface area contributed by atoms with Crippen molar-refractivity contribution in [1.29, 1.82) is 5.26 Å². The van der Waals surface area contributed by atoms with Crippen LogP contribution in [0.4, 0.5) is 28.4 Å². The summed E-state index contributed by atoms with van der Waals surface area (Å²) in [6, 6.07) is 51.9. The molecule has 0 amide bonds. The zero-order valence-electron chi connectivity index (χ0n) is 34.4. The Morgan fingerprint density at radius 2 is 1.27 bits per heavy atom. The second kappa shape index (κ2) is 19.9. The molecule has 0 radical (unpaired) electrons. The van der Waals surface area contributed by atoms with E-state index >= 15 is 0 Å². The van der Waals surface area contributed by atoms with Gasteiger partial charge in [-0.3, -0.25) is 0 Å². The smallest absolute Gasteiger partial charge is 0.423 e. The monoisotopic (exact) mass is 884 g/mol. The fourth-order valence-corrected chi connectivity index (χ4v) is 9.31. The van der Waals surface area contributed by atoms with Crippen LogP contribution < -0.4 is 20.9 Å². The molecule has 9 rings (SSSR count). The molecule has 1 atom stereocenters. The second-order valence-electron chi connectivity index (χ2n) is 14.6. The van der Waals surface area contributed by atoms with Gasteiger partial charge in [0.2, 0.25) is 0 Å². The molecule has 1 unspecified atom stereocenters. The Bertz CT molecular complexity index is 2990. The molecule has 7 aromatic rings. The lowest BCUT2D eigenvalue weighted by Gasteiger charge is -2.22. The highest BCUT2D eigenvalue weighted by molar-refractivity contribution is 8.00. The fourth-order valence-electron chi connectivity index (χ4n) is 6.51. The second-order valence-corrected chi connectivity index (χ2v) is 18.4. The van der Waals surface area contributed by atoms with Crippen LogP contribution in [0.25, 0.3) is 4.85 Å². The van der Waals surface area contributed by atoms with E-state index in [0.717, 1.165) is 38.8 Å². The van der Waals surface area contributed by atoms with Crippen molar-refractivity contribution in [2.45, 2.75) is 51.2 Å². The standard InChI is InChI=1S/C21H19N3O2S2.C21H16N2S.C7H6BNO2/c1-14-7-10-17(11-8-14)28(25,26)24-23-15(2)16-9-12-21-19(13-16)22-18-5-3-4-6-20(18)27-21;1-14(16-8-6-15(13-22)7-9-16)17-10-11-21-19(12-17)23-18-4-2-3-5-20(18)24-21;1-9-7-4-2-6(3-5-7)8(10)11/h3-13,22,24H,1-2H3;2-12,14,23H,1H3;2-5,10-11H/b23-15+;;. The molecule has 312 valence electrons. The molecule has 0 aromatic heterocycles. The summed E-state index contributed by atoms with van der Waals surface area (Å²) in [5.41, 5.74) is 10.9. The van der Waals surface area contributed by atoms with Gasteiger partial charge in [-0.15, -0.1) is 0 Å². The van der Waals surface area contributed by atoms with E-state index in [2.05, 4.69) is 86.9 Å². The number of nitriles is 1. The predicted molar refractivity (Wildman–Crippen MR) is 255 cm³/mol. The summed E-state index contributed by atoms with van der Waals surface area (Å²) in [6.07, 6.45) is 0. The van der Waals surface area contributed by atoms with Gasteiger partial charge in [-0.1, -0.05) is 121 Å². The lowest BCUT2D eigenvalue weighted by molar-refractivity contribution is 0.426. The van der Waals surface area contributed by atoms with Crippen molar-refractivity contribution in [1.82, 2.24) is 4.83 Å². The molecule has 0 saturated carbocycles. The normalized spacial score (nSPS) is 12.5. The number of nitrogens with one attached hydrogen (secondary N) is 3. The largest absolute Gasteiger partial charge is 0.488 e. The molecule has 0 spiro atoms. The number of hydrogen-bond acceptors (Lipinski definition) is 10. The first-order valence-electron chi connectivity index (χ1n) is 19.7. The van der Waals surface area contributed by atoms with Gasteiger partial charge in [-0.25, -0.2) is 4.85 Å². The maximum absolute atomic E-state index is 12.4. The van der Waals surface area contributed by atoms with Crippen LogP contribution in [0.3, 0.4) is 0 Å². The number of rotatable bonds is 7. The topological polar surface area (TPSA) is 151 Å². The number of para-hydroxylation sites is 2. The third kappa shape index (κ3) is 11.0. The maximum atomic E-state index is 12.4. The molecule has 2 aliphatic heterocycles. The summed E-state index contributed by atoms with van der Waals surface area (Å²) in [6.45, 7) is 12.5. The van der Waals surface area contributed by atoms with Crippen molar-refractivity contribution >= 4 is 80.3 Å². The van der Waals surface area contributed by atoms with Crippen LogP contribution in [0, 0.1) is 24.8 Å². The molecule has 2 heterocycles. The van der Waals surface area contributed by atoms with E-state index in [1.165, 1.54) is 37.9 Å². The fraction of sp³-hybridized carbons (Fsp3) is 0.0816. The van der Waals surface area contributed by atoms with E-state index in [-0.39, 0.29) is 10.8 Å². The Balaban J connectivity index is 0.000000154. The number of aryl methyl sites for hydroxylation is 1. The highest BCUT2D eigenvalue weighted by atomic mass is 32.2. The molecule has 5 N–H and O–H groups in total. The average molecular weight is 885 g/mol. The van der Waals surface area contributed by atoms with Crippen LogP contribution in [-0.4, -0.2) is 31.3 Å². The first-order chi connectivity index (χ1) is 30.4. The number of hydrazone groups is 1. The molecule has 0 fully saturated rings. The lowest BCUT2D eigenvalue weighted by atomic mass is 9.80. The molecular weight excluding hydrogens is 844 g/mol. The first-order valence-corrected chi connectivity index (χ1v) is 22.8. The Morgan fingerprint density at radius 1 is 0.730 bits per heavy atom. The lowest BCUT2D eigenvalue weighted by Crippen LogP contribution is -2.29. The van der Waals surface area contributed by atoms with Gasteiger partial charge in [-0.05, 0) is 109 Å². The van der Waals surface area contributed by atoms with Gasteiger partial charge in [0.05, 0.1) is 51.6 Å². The van der Waals surface area contributed by atoms with E-state index in [1.807, 2.05) is 67.6 Å². The molecule has 7 aromatic carbocycles. The van der Waals surface area contributed by atoms with Gasteiger partial charge in [0, 0.05) is 25.5 Å². The molecule has 2 aliphatic rings. The molecule has 0 bridgehead atoms. The van der Waals surface area contributed by atoms with E-state index in [4.69, 9.17) is 21.9 Å². The number of fused-ring (bicyclic) bond motifs is 4. The zero-order valence-corrected chi connectivity index (χ0v) is 36.9. The maximum Gasteiger partial charge on any atom is 0.488 e. The van der Waals surface area contributed by atoms with E-state index in [0.29, 0.717) is 22.4 Å². The van der Waals surface area contributed by atoms with Crippen LogP contribution in [0.5, 0.6) is 0 Å². The van der Waals surface area contributed by atoms with Crippen LogP contribution in [0.15, 0.2) is 187 Å². The number of nitrogens with zero attached hydrogens (tertiary/aromatic N) is 3. The minimum absolute atomic E-state index is 0.190. The Labute approximate surface area is 376 Å². The van der Waals surface area contributed by atoms with Gasteiger partial charge in [0.25, 0.3) is 10.0 Å². The Hall–Kier alpha value is -6.78. The number of sulfonamides is 1. The molecule has 63 heavy (non-hydrogen) atoms. The Kier molecular flexibility index (Phi) is 14.0. The van der Waals surface area contributed by atoms with E-state index in [1.54, 1.807) is 66.8 Å². The number of hydrogen-bond donors (Lipinski definition) is 5. The quantitative estimate of drug-likeness (QED) is 0.0456.